The van der Waals surface area contributed by atoms with E-state index in [4.69, 9.17) is 24.8 Å². The van der Waals surface area contributed by atoms with E-state index in [1.807, 2.05) is 12.4 Å². The van der Waals surface area contributed by atoms with Gasteiger partial charge in [0.2, 0.25) is 0 Å². The number of aromatic nitrogens is 2. The SMILES string of the molecule is Cc1cc(N2CCN(c3ccncc3)CC2)nc2ccccc12.O=C(O)C(F)(F)F.O=C(O)C(F)(F)F. The number of carboxylic acids is 2. The summed E-state index contributed by atoms with van der Waals surface area (Å²) in [6.07, 6.45) is -6.45. The Labute approximate surface area is 206 Å². The highest BCUT2D eigenvalue weighted by Gasteiger charge is 2.38. The van der Waals surface area contributed by atoms with Crippen LogP contribution in [0.1, 0.15) is 5.56 Å². The van der Waals surface area contributed by atoms with Crippen molar-refractivity contribution >= 4 is 34.3 Å². The van der Waals surface area contributed by atoms with Crippen LogP contribution in [0.25, 0.3) is 10.9 Å². The number of fused-ring (bicyclic) bond motifs is 1. The molecule has 3 aromatic rings. The Morgan fingerprint density at radius 1 is 0.811 bits per heavy atom. The molecule has 1 aliphatic heterocycles. The van der Waals surface area contributed by atoms with Gasteiger partial charge in [0.15, 0.2) is 0 Å². The molecular formula is C23H22F6N4O4. The number of rotatable bonds is 2. The number of carbonyl (C=O) groups is 2. The van der Waals surface area contributed by atoms with Gasteiger partial charge in [-0.2, -0.15) is 26.3 Å². The molecule has 14 heteroatoms. The molecule has 37 heavy (non-hydrogen) atoms. The summed E-state index contributed by atoms with van der Waals surface area (Å²) in [5.74, 6) is -4.42. The lowest BCUT2D eigenvalue weighted by Gasteiger charge is -2.36. The fourth-order valence-electron chi connectivity index (χ4n) is 3.24. The predicted molar refractivity (Wildman–Crippen MR) is 123 cm³/mol. The van der Waals surface area contributed by atoms with E-state index in [0.29, 0.717) is 0 Å². The third-order valence-corrected chi connectivity index (χ3v) is 5.03. The van der Waals surface area contributed by atoms with Gasteiger partial charge in [-0.1, -0.05) is 18.2 Å². The number of carboxylic acid groups (broad SMARTS) is 2. The van der Waals surface area contributed by atoms with Crippen molar-refractivity contribution in [2.45, 2.75) is 19.3 Å². The van der Waals surface area contributed by atoms with Crippen LogP contribution < -0.4 is 9.80 Å². The quantitative estimate of drug-likeness (QED) is 0.464. The molecule has 2 N–H and O–H groups in total. The van der Waals surface area contributed by atoms with Crippen molar-refractivity contribution in [2.75, 3.05) is 36.0 Å². The van der Waals surface area contributed by atoms with Gasteiger partial charge < -0.3 is 20.0 Å². The number of aryl methyl sites for hydroxylation is 1. The summed E-state index contributed by atoms with van der Waals surface area (Å²) in [5.41, 5.74) is 3.63. The molecule has 3 heterocycles. The lowest BCUT2D eigenvalue weighted by atomic mass is 10.1. The molecule has 1 fully saturated rings. The first kappa shape index (κ1) is 29.1. The molecule has 0 radical (unpaired) electrons. The van der Waals surface area contributed by atoms with Crippen molar-refractivity contribution in [3.8, 4) is 0 Å². The standard InChI is InChI=1S/C19H20N4.2C2HF3O2/c1-15-14-19(21-18-5-3-2-4-17(15)18)23-12-10-22(11-13-23)16-6-8-20-9-7-16;2*3-2(4,5)1(6)7/h2-9,14H,10-13H2,1H3;2*(H,6,7). The number of aliphatic carboxylic acids is 2. The second-order valence-corrected chi connectivity index (χ2v) is 7.60. The van der Waals surface area contributed by atoms with Crippen molar-refractivity contribution in [1.82, 2.24) is 9.97 Å². The molecule has 0 aliphatic carbocycles. The van der Waals surface area contributed by atoms with Gasteiger partial charge in [0.25, 0.3) is 0 Å². The van der Waals surface area contributed by atoms with E-state index >= 15 is 0 Å². The van der Waals surface area contributed by atoms with Crippen LogP contribution in [0.3, 0.4) is 0 Å². The van der Waals surface area contributed by atoms with E-state index in [1.54, 1.807) is 0 Å². The fourth-order valence-corrected chi connectivity index (χ4v) is 3.24. The van der Waals surface area contributed by atoms with Gasteiger partial charge in [-0.15, -0.1) is 0 Å². The Bertz CT molecular complexity index is 1170. The van der Waals surface area contributed by atoms with Crippen LogP contribution in [-0.4, -0.2) is 70.7 Å². The first-order chi connectivity index (χ1) is 17.2. The van der Waals surface area contributed by atoms with Gasteiger partial charge in [-0.05, 0) is 36.8 Å². The Morgan fingerprint density at radius 2 is 1.27 bits per heavy atom. The molecule has 8 nitrogen and oxygen atoms in total. The summed E-state index contributed by atoms with van der Waals surface area (Å²) in [7, 11) is 0. The summed E-state index contributed by atoms with van der Waals surface area (Å²) in [5, 5.41) is 15.5. The number of benzene rings is 1. The van der Waals surface area contributed by atoms with Gasteiger partial charge in [-0.3, -0.25) is 4.98 Å². The van der Waals surface area contributed by atoms with Gasteiger partial charge in [0.05, 0.1) is 5.52 Å². The Morgan fingerprint density at radius 3 is 1.76 bits per heavy atom. The van der Waals surface area contributed by atoms with Crippen LogP contribution in [0, 0.1) is 6.92 Å². The number of hydrogen-bond acceptors (Lipinski definition) is 6. The highest BCUT2D eigenvalue weighted by Crippen LogP contribution is 2.24. The molecule has 1 aromatic carbocycles. The van der Waals surface area contributed by atoms with Gasteiger partial charge in [-0.25, -0.2) is 14.6 Å². The molecule has 0 bridgehead atoms. The highest BCUT2D eigenvalue weighted by atomic mass is 19.4. The molecular weight excluding hydrogens is 510 g/mol. The van der Waals surface area contributed by atoms with E-state index in [9.17, 15) is 26.3 Å². The summed E-state index contributed by atoms with van der Waals surface area (Å²) in [6.45, 7) is 6.18. The molecule has 1 aliphatic rings. The number of hydrogen-bond donors (Lipinski definition) is 2. The maximum absolute atomic E-state index is 10.6. The van der Waals surface area contributed by atoms with E-state index < -0.39 is 24.3 Å². The van der Waals surface area contributed by atoms with E-state index in [-0.39, 0.29) is 0 Å². The van der Waals surface area contributed by atoms with E-state index in [2.05, 4.69) is 64.2 Å². The summed E-state index contributed by atoms with van der Waals surface area (Å²) >= 11 is 0. The van der Waals surface area contributed by atoms with Crippen molar-refractivity contribution in [1.29, 1.82) is 0 Å². The summed E-state index contributed by atoms with van der Waals surface area (Å²) < 4.78 is 63.5. The predicted octanol–water partition coefficient (Wildman–Crippen LogP) is 4.53. The third-order valence-electron chi connectivity index (χ3n) is 5.03. The topological polar surface area (TPSA) is 107 Å². The van der Waals surface area contributed by atoms with Crippen LogP contribution in [0.4, 0.5) is 37.8 Å². The van der Waals surface area contributed by atoms with Gasteiger partial charge >= 0.3 is 24.3 Å². The average molecular weight is 532 g/mol. The maximum Gasteiger partial charge on any atom is 0.490 e. The molecule has 2 aromatic heterocycles. The molecule has 0 amide bonds. The number of halogens is 6. The minimum atomic E-state index is -5.08. The zero-order chi connectivity index (χ0) is 27.8. The Hall–Kier alpha value is -4.10. The monoisotopic (exact) mass is 532 g/mol. The normalized spacial score (nSPS) is 13.7. The van der Waals surface area contributed by atoms with Crippen molar-refractivity contribution in [3.63, 3.8) is 0 Å². The Balaban J connectivity index is 0.000000286. The number of piperazine rings is 1. The number of para-hydroxylation sites is 1. The lowest BCUT2D eigenvalue weighted by molar-refractivity contribution is -0.193. The van der Waals surface area contributed by atoms with Crippen LogP contribution in [-0.2, 0) is 9.59 Å². The molecule has 0 unspecified atom stereocenters. The molecule has 200 valence electrons. The van der Waals surface area contributed by atoms with Crippen molar-refractivity contribution in [3.05, 3.63) is 60.4 Å². The van der Waals surface area contributed by atoms with Crippen molar-refractivity contribution < 1.29 is 46.1 Å². The zero-order valence-corrected chi connectivity index (χ0v) is 19.3. The fraction of sp³-hybridized carbons (Fsp3) is 0.304. The Kier molecular flexibility index (Phi) is 9.63. The lowest BCUT2D eigenvalue weighted by Crippen LogP contribution is -2.46. The maximum atomic E-state index is 10.6. The molecule has 0 saturated carbocycles. The van der Waals surface area contributed by atoms with E-state index in [1.165, 1.54) is 16.6 Å². The van der Waals surface area contributed by atoms with Gasteiger partial charge in [0, 0.05) is 49.6 Å². The zero-order valence-electron chi connectivity index (χ0n) is 19.3. The molecule has 0 spiro atoms. The minimum Gasteiger partial charge on any atom is -0.475 e. The molecule has 1 saturated heterocycles. The van der Waals surface area contributed by atoms with E-state index in [0.717, 1.165) is 37.5 Å². The number of anilines is 2. The van der Waals surface area contributed by atoms with Crippen LogP contribution in [0.5, 0.6) is 0 Å². The van der Waals surface area contributed by atoms with Crippen LogP contribution >= 0.6 is 0 Å². The molecule has 4 rings (SSSR count). The molecule has 0 atom stereocenters. The first-order valence-electron chi connectivity index (χ1n) is 10.6. The number of pyridine rings is 2. The highest BCUT2D eigenvalue weighted by molar-refractivity contribution is 5.83. The minimum absolute atomic E-state index is 0.993. The largest absolute Gasteiger partial charge is 0.490 e. The first-order valence-corrected chi connectivity index (χ1v) is 10.6. The number of alkyl halides is 6. The second kappa shape index (κ2) is 12.2. The van der Waals surface area contributed by atoms with Crippen molar-refractivity contribution in [2.24, 2.45) is 0 Å². The van der Waals surface area contributed by atoms with Crippen LogP contribution in [0.2, 0.25) is 0 Å². The van der Waals surface area contributed by atoms with Crippen LogP contribution in [0.15, 0.2) is 54.9 Å². The summed E-state index contributed by atoms with van der Waals surface area (Å²) in [6, 6.07) is 14.7. The van der Waals surface area contributed by atoms with Gasteiger partial charge in [0.1, 0.15) is 5.82 Å². The third kappa shape index (κ3) is 8.81. The average Bonchev–Trinajstić information content (AvgIpc) is 2.84. The number of nitrogens with zero attached hydrogens (tertiary/aromatic N) is 4. The smallest absolute Gasteiger partial charge is 0.475 e. The summed E-state index contributed by atoms with van der Waals surface area (Å²) in [4.78, 5) is 31.5. The second-order valence-electron chi connectivity index (χ2n) is 7.60.